The lowest BCUT2D eigenvalue weighted by Crippen LogP contribution is -2.17. The molecule has 0 aromatic carbocycles. The Balaban J connectivity index is 4.93. The predicted octanol–water partition coefficient (Wildman–Crippen LogP) is 3.81. The van der Waals surface area contributed by atoms with E-state index >= 15 is 0 Å². The molecule has 0 amide bonds. The van der Waals surface area contributed by atoms with Crippen molar-refractivity contribution in [1.29, 1.82) is 0 Å². The third kappa shape index (κ3) is 5.94. The van der Waals surface area contributed by atoms with Crippen molar-refractivity contribution in [3.8, 4) is 0 Å². The molecule has 0 atom stereocenters. The summed E-state index contributed by atoms with van der Waals surface area (Å²) in [4.78, 5) is 7.80. The van der Waals surface area contributed by atoms with Gasteiger partial charge in [-0.2, -0.15) is 4.99 Å². The SMILES string of the molecule is CC(C)(C)C(N=C=S)=NC=C(Cl)Cl. The maximum absolute atomic E-state index is 5.40. The highest BCUT2D eigenvalue weighted by Crippen LogP contribution is 2.18. The summed E-state index contributed by atoms with van der Waals surface area (Å²) in [6.45, 7) is 5.87. The van der Waals surface area contributed by atoms with E-state index in [2.05, 4.69) is 27.4 Å². The first-order valence-electron chi connectivity index (χ1n) is 3.55. The molecule has 0 spiro atoms. The van der Waals surface area contributed by atoms with Crippen molar-refractivity contribution in [2.45, 2.75) is 20.8 Å². The summed E-state index contributed by atoms with van der Waals surface area (Å²) in [5.41, 5.74) is -0.203. The van der Waals surface area contributed by atoms with Crippen molar-refractivity contribution in [3.63, 3.8) is 0 Å². The fourth-order valence-electron chi connectivity index (χ4n) is 0.543. The van der Waals surface area contributed by atoms with Gasteiger partial charge in [0.1, 0.15) is 10.3 Å². The average Bonchev–Trinajstić information content (AvgIpc) is 1.95. The zero-order chi connectivity index (χ0) is 10.5. The number of hydrogen-bond donors (Lipinski definition) is 0. The van der Waals surface area contributed by atoms with Crippen LogP contribution in [0.15, 0.2) is 20.7 Å². The van der Waals surface area contributed by atoms with E-state index in [-0.39, 0.29) is 9.91 Å². The van der Waals surface area contributed by atoms with Gasteiger partial charge in [0.2, 0.25) is 0 Å². The van der Waals surface area contributed by atoms with E-state index in [1.807, 2.05) is 20.8 Å². The number of isothiocyanates is 1. The smallest absolute Gasteiger partial charge is 0.144 e. The van der Waals surface area contributed by atoms with Crippen molar-refractivity contribution in [1.82, 2.24) is 0 Å². The number of aliphatic imine (C=N–C) groups is 2. The molecule has 0 N–H and O–H groups in total. The molecule has 0 bridgehead atoms. The van der Waals surface area contributed by atoms with E-state index in [0.29, 0.717) is 5.84 Å². The third-order valence-electron chi connectivity index (χ3n) is 1.11. The number of halogens is 2. The van der Waals surface area contributed by atoms with Crippen LogP contribution in [0.1, 0.15) is 20.8 Å². The van der Waals surface area contributed by atoms with E-state index in [0.717, 1.165) is 0 Å². The molecule has 0 aliphatic rings. The molecule has 0 aliphatic heterocycles. The van der Waals surface area contributed by atoms with Crippen LogP contribution in [0.25, 0.3) is 0 Å². The van der Waals surface area contributed by atoms with Crippen molar-refractivity contribution in [2.75, 3.05) is 0 Å². The molecule has 0 rings (SSSR count). The Bertz CT molecular complexity index is 279. The highest BCUT2D eigenvalue weighted by Gasteiger charge is 2.17. The molecule has 0 saturated carbocycles. The van der Waals surface area contributed by atoms with Crippen molar-refractivity contribution in [2.24, 2.45) is 15.4 Å². The van der Waals surface area contributed by atoms with E-state index in [9.17, 15) is 0 Å². The minimum atomic E-state index is -0.203. The van der Waals surface area contributed by atoms with Gasteiger partial charge in [-0.05, 0) is 12.2 Å². The molecular formula is C8H10Cl2N2S. The highest BCUT2D eigenvalue weighted by molar-refractivity contribution is 7.78. The maximum atomic E-state index is 5.40. The van der Waals surface area contributed by atoms with Crippen molar-refractivity contribution in [3.05, 3.63) is 10.7 Å². The molecule has 0 heterocycles. The van der Waals surface area contributed by atoms with Gasteiger partial charge in [0.05, 0.1) is 11.4 Å². The van der Waals surface area contributed by atoms with Crippen molar-refractivity contribution < 1.29 is 0 Å². The lowest BCUT2D eigenvalue weighted by molar-refractivity contribution is 0.585. The van der Waals surface area contributed by atoms with Gasteiger partial charge in [-0.15, -0.1) is 0 Å². The topological polar surface area (TPSA) is 24.7 Å². The summed E-state index contributed by atoms with van der Waals surface area (Å²) in [7, 11) is 0. The minimum Gasteiger partial charge on any atom is -0.237 e. The van der Waals surface area contributed by atoms with E-state index in [1.54, 1.807) is 0 Å². The second-order valence-electron chi connectivity index (χ2n) is 3.32. The van der Waals surface area contributed by atoms with Crippen LogP contribution in [0, 0.1) is 5.41 Å². The van der Waals surface area contributed by atoms with E-state index < -0.39 is 0 Å². The third-order valence-corrected chi connectivity index (χ3v) is 1.39. The van der Waals surface area contributed by atoms with Crippen LogP contribution < -0.4 is 0 Å². The van der Waals surface area contributed by atoms with Gasteiger partial charge in [-0.1, -0.05) is 44.0 Å². The summed E-state index contributed by atoms with van der Waals surface area (Å²) in [6.07, 6.45) is 1.32. The lowest BCUT2D eigenvalue weighted by Gasteiger charge is -2.15. The quantitative estimate of drug-likeness (QED) is 0.386. The van der Waals surface area contributed by atoms with Gasteiger partial charge in [-0.3, -0.25) is 0 Å². The lowest BCUT2D eigenvalue weighted by atomic mass is 9.95. The monoisotopic (exact) mass is 236 g/mol. The number of nitrogens with zero attached hydrogens (tertiary/aromatic N) is 2. The van der Waals surface area contributed by atoms with Gasteiger partial charge in [-0.25, -0.2) is 4.99 Å². The van der Waals surface area contributed by atoms with Gasteiger partial charge < -0.3 is 0 Å². The van der Waals surface area contributed by atoms with Crippen LogP contribution in [-0.2, 0) is 0 Å². The fraction of sp³-hybridized carbons (Fsp3) is 0.500. The fourth-order valence-corrected chi connectivity index (χ4v) is 0.727. The van der Waals surface area contributed by atoms with Crippen LogP contribution >= 0.6 is 35.4 Å². The summed E-state index contributed by atoms with van der Waals surface area (Å²) in [5, 5.41) is 2.26. The molecule has 72 valence electrons. The van der Waals surface area contributed by atoms with Gasteiger partial charge in [0.25, 0.3) is 0 Å². The Morgan fingerprint density at radius 2 is 1.92 bits per heavy atom. The van der Waals surface area contributed by atoms with E-state index in [1.165, 1.54) is 6.20 Å². The molecule has 0 radical (unpaired) electrons. The number of amidine groups is 1. The summed E-state index contributed by atoms with van der Waals surface area (Å²) in [5.74, 6) is 0.543. The first-order chi connectivity index (χ1) is 5.88. The molecule has 0 fully saturated rings. The second kappa shape index (κ2) is 5.51. The minimum absolute atomic E-state index is 0.0846. The standard InChI is InChI=1S/C8H10Cl2N2S/c1-8(2,3)7(12-5-13)11-4-6(9)10/h4H,1-3H3. The second-order valence-corrected chi connectivity index (χ2v) is 4.51. The maximum Gasteiger partial charge on any atom is 0.144 e. The molecule has 0 aliphatic carbocycles. The van der Waals surface area contributed by atoms with Crippen LogP contribution in [-0.4, -0.2) is 11.0 Å². The highest BCUT2D eigenvalue weighted by atomic mass is 35.5. The molecule has 13 heavy (non-hydrogen) atoms. The van der Waals surface area contributed by atoms with Gasteiger partial charge >= 0.3 is 0 Å². The van der Waals surface area contributed by atoms with Crippen LogP contribution in [0.2, 0.25) is 0 Å². The molecule has 5 heteroatoms. The summed E-state index contributed by atoms with van der Waals surface area (Å²) < 4.78 is 0.0846. The predicted molar refractivity (Wildman–Crippen MR) is 61.7 cm³/mol. The zero-order valence-electron chi connectivity index (χ0n) is 7.64. The van der Waals surface area contributed by atoms with Crippen molar-refractivity contribution >= 4 is 46.4 Å². The summed E-state index contributed by atoms with van der Waals surface area (Å²) >= 11 is 15.3. The average molecular weight is 237 g/mol. The molecule has 0 unspecified atom stereocenters. The molecule has 0 saturated heterocycles. The Kier molecular flexibility index (Phi) is 5.42. The normalized spacial score (nSPS) is 11.9. The van der Waals surface area contributed by atoms with Crippen LogP contribution in [0.4, 0.5) is 0 Å². The van der Waals surface area contributed by atoms with Gasteiger partial charge in [0.15, 0.2) is 0 Å². The Labute approximate surface area is 93.4 Å². The number of hydrogen-bond acceptors (Lipinski definition) is 2. The number of thiocarbonyl (C=S) groups is 1. The zero-order valence-corrected chi connectivity index (χ0v) is 9.96. The Morgan fingerprint density at radius 1 is 1.38 bits per heavy atom. The first kappa shape index (κ1) is 12.8. The summed E-state index contributed by atoms with van der Waals surface area (Å²) in [6, 6.07) is 0. The number of rotatable bonds is 1. The Morgan fingerprint density at radius 3 is 2.23 bits per heavy atom. The molecule has 2 nitrogen and oxygen atoms in total. The van der Waals surface area contributed by atoms with E-state index in [4.69, 9.17) is 23.2 Å². The Hall–Kier alpha value is -0.210. The largest absolute Gasteiger partial charge is 0.237 e. The molecule has 0 aromatic rings. The van der Waals surface area contributed by atoms with Crippen LogP contribution in [0.5, 0.6) is 0 Å². The molecule has 0 aromatic heterocycles. The van der Waals surface area contributed by atoms with Gasteiger partial charge in [0, 0.05) is 5.41 Å². The molecular weight excluding hydrogens is 227 g/mol. The van der Waals surface area contributed by atoms with Crippen LogP contribution in [0.3, 0.4) is 0 Å². The first-order valence-corrected chi connectivity index (χ1v) is 4.71.